The summed E-state index contributed by atoms with van der Waals surface area (Å²) in [4.78, 5) is 0. The van der Waals surface area contributed by atoms with Crippen LogP contribution in [0.5, 0.6) is 0 Å². The third-order valence-corrected chi connectivity index (χ3v) is 3.56. The van der Waals surface area contributed by atoms with E-state index in [1.54, 1.807) is 0 Å². The molecule has 0 spiro atoms. The Hall–Kier alpha value is -0.830. The molecule has 0 radical (unpaired) electrons. The molecule has 3 heteroatoms. The Kier molecular flexibility index (Phi) is 3.64. The lowest BCUT2D eigenvalue weighted by molar-refractivity contribution is 0.355. The zero-order valence-electron chi connectivity index (χ0n) is 10.5. The van der Waals surface area contributed by atoms with Crippen LogP contribution in [0.2, 0.25) is 0 Å². The van der Waals surface area contributed by atoms with Gasteiger partial charge in [0.1, 0.15) is 0 Å². The first-order valence-electron chi connectivity index (χ1n) is 6.58. The van der Waals surface area contributed by atoms with Crippen LogP contribution in [0.1, 0.15) is 51.5 Å². The summed E-state index contributed by atoms with van der Waals surface area (Å²) < 4.78 is 2.08. The minimum Gasteiger partial charge on any atom is -0.307 e. The van der Waals surface area contributed by atoms with Crippen molar-refractivity contribution in [1.82, 2.24) is 15.1 Å². The van der Waals surface area contributed by atoms with Crippen molar-refractivity contribution in [3.63, 3.8) is 0 Å². The minimum atomic E-state index is 0.223. The summed E-state index contributed by atoms with van der Waals surface area (Å²) in [6.07, 6.45) is 10.4. The van der Waals surface area contributed by atoms with E-state index in [1.165, 1.54) is 31.2 Å². The predicted octanol–water partition coefficient (Wildman–Crippen LogP) is 2.67. The second-order valence-electron chi connectivity index (χ2n) is 4.85. The van der Waals surface area contributed by atoms with E-state index < -0.39 is 0 Å². The molecule has 1 aromatic heterocycles. The van der Waals surface area contributed by atoms with Gasteiger partial charge in [-0.2, -0.15) is 5.10 Å². The molecule has 0 aliphatic carbocycles. The Bertz CT molecular complexity index is 324. The van der Waals surface area contributed by atoms with Crippen LogP contribution in [-0.4, -0.2) is 16.3 Å². The zero-order valence-corrected chi connectivity index (χ0v) is 10.5. The zero-order chi connectivity index (χ0) is 11.4. The second kappa shape index (κ2) is 5.00. The average Bonchev–Trinajstić information content (AvgIpc) is 2.88. The summed E-state index contributed by atoms with van der Waals surface area (Å²) in [7, 11) is 0. The van der Waals surface area contributed by atoms with Gasteiger partial charge in [-0.05, 0) is 32.2 Å². The maximum Gasteiger partial charge on any atom is 0.0540 e. The maximum atomic E-state index is 4.45. The van der Waals surface area contributed by atoms with Crippen molar-refractivity contribution in [2.24, 2.45) is 0 Å². The van der Waals surface area contributed by atoms with Gasteiger partial charge in [0.15, 0.2) is 0 Å². The Labute approximate surface area is 98.2 Å². The van der Waals surface area contributed by atoms with Crippen molar-refractivity contribution >= 4 is 0 Å². The molecule has 1 aliphatic heterocycles. The number of nitrogens with one attached hydrogen (secondary N) is 1. The lowest BCUT2D eigenvalue weighted by Gasteiger charge is -2.28. The molecule has 0 amide bonds. The summed E-state index contributed by atoms with van der Waals surface area (Å²) in [6, 6.07) is 0. The van der Waals surface area contributed by atoms with Gasteiger partial charge >= 0.3 is 0 Å². The molecule has 1 N–H and O–H groups in total. The maximum absolute atomic E-state index is 4.45. The van der Waals surface area contributed by atoms with E-state index in [0.717, 1.165) is 19.5 Å². The molecule has 2 heterocycles. The number of hydrogen-bond acceptors (Lipinski definition) is 2. The molecule has 1 saturated heterocycles. The average molecular weight is 221 g/mol. The van der Waals surface area contributed by atoms with Crippen molar-refractivity contribution in [1.29, 1.82) is 0 Å². The van der Waals surface area contributed by atoms with Crippen LogP contribution >= 0.6 is 0 Å². The molecule has 1 unspecified atom stereocenters. The highest BCUT2D eigenvalue weighted by Crippen LogP contribution is 2.34. The fraction of sp³-hybridized carbons (Fsp3) is 0.769. The molecule has 0 bridgehead atoms. The Morgan fingerprint density at radius 1 is 1.44 bits per heavy atom. The van der Waals surface area contributed by atoms with Crippen molar-refractivity contribution in [3.05, 3.63) is 18.0 Å². The summed E-state index contributed by atoms with van der Waals surface area (Å²) in [5.41, 5.74) is 1.61. The molecular formula is C13H23N3. The van der Waals surface area contributed by atoms with E-state index in [0.29, 0.717) is 0 Å². The lowest BCUT2D eigenvalue weighted by atomic mass is 9.86. The number of aryl methyl sites for hydroxylation is 1. The summed E-state index contributed by atoms with van der Waals surface area (Å²) >= 11 is 0. The normalized spacial score (nSPS) is 25.1. The largest absolute Gasteiger partial charge is 0.307 e. The second-order valence-corrected chi connectivity index (χ2v) is 4.85. The van der Waals surface area contributed by atoms with Crippen LogP contribution < -0.4 is 5.32 Å². The van der Waals surface area contributed by atoms with Gasteiger partial charge < -0.3 is 5.32 Å². The SMILES string of the molecule is CCCn1cc(C2(CCC)CCCN2)cn1. The highest BCUT2D eigenvalue weighted by Gasteiger charge is 2.35. The quantitative estimate of drug-likeness (QED) is 0.828. The molecule has 90 valence electrons. The van der Waals surface area contributed by atoms with Crippen molar-refractivity contribution in [3.8, 4) is 0 Å². The smallest absolute Gasteiger partial charge is 0.0540 e. The van der Waals surface area contributed by atoms with Crippen molar-refractivity contribution in [2.75, 3.05) is 6.54 Å². The molecule has 16 heavy (non-hydrogen) atoms. The van der Waals surface area contributed by atoms with Crippen LogP contribution in [0.3, 0.4) is 0 Å². The fourth-order valence-electron chi connectivity index (χ4n) is 2.80. The third-order valence-electron chi connectivity index (χ3n) is 3.56. The lowest BCUT2D eigenvalue weighted by Crippen LogP contribution is -2.36. The highest BCUT2D eigenvalue weighted by atomic mass is 15.3. The van der Waals surface area contributed by atoms with E-state index in [4.69, 9.17) is 0 Å². The topological polar surface area (TPSA) is 29.9 Å². The summed E-state index contributed by atoms with van der Waals surface area (Å²) in [5, 5.41) is 8.14. The first-order valence-corrected chi connectivity index (χ1v) is 6.58. The van der Waals surface area contributed by atoms with E-state index in [-0.39, 0.29) is 5.54 Å². The highest BCUT2D eigenvalue weighted by molar-refractivity contribution is 5.20. The molecule has 0 aromatic carbocycles. The van der Waals surface area contributed by atoms with Gasteiger partial charge in [-0.1, -0.05) is 20.3 Å². The fourth-order valence-corrected chi connectivity index (χ4v) is 2.80. The number of aromatic nitrogens is 2. The van der Waals surface area contributed by atoms with Gasteiger partial charge in [-0.3, -0.25) is 4.68 Å². The van der Waals surface area contributed by atoms with Crippen molar-refractivity contribution in [2.45, 2.75) is 58.0 Å². The van der Waals surface area contributed by atoms with Gasteiger partial charge in [-0.15, -0.1) is 0 Å². The summed E-state index contributed by atoms with van der Waals surface area (Å²) in [6.45, 7) is 6.64. The van der Waals surface area contributed by atoms with E-state index in [9.17, 15) is 0 Å². The Balaban J connectivity index is 2.18. The Morgan fingerprint density at radius 2 is 2.31 bits per heavy atom. The van der Waals surface area contributed by atoms with E-state index >= 15 is 0 Å². The molecule has 3 nitrogen and oxygen atoms in total. The van der Waals surface area contributed by atoms with Crippen LogP contribution in [0.25, 0.3) is 0 Å². The molecule has 1 fully saturated rings. The first-order chi connectivity index (χ1) is 7.80. The van der Waals surface area contributed by atoms with Crippen LogP contribution in [0.4, 0.5) is 0 Å². The Morgan fingerprint density at radius 3 is 2.94 bits per heavy atom. The minimum absolute atomic E-state index is 0.223. The molecular weight excluding hydrogens is 198 g/mol. The standard InChI is InChI=1S/C13H23N3/c1-3-6-13(7-5-8-14-13)12-10-15-16(11-12)9-4-2/h10-11,14H,3-9H2,1-2H3. The molecule has 1 aromatic rings. The van der Waals surface area contributed by atoms with Gasteiger partial charge in [0.05, 0.1) is 6.20 Å². The predicted molar refractivity (Wildman–Crippen MR) is 66.3 cm³/mol. The number of rotatable bonds is 5. The van der Waals surface area contributed by atoms with E-state index in [1.807, 2.05) is 0 Å². The summed E-state index contributed by atoms with van der Waals surface area (Å²) in [5.74, 6) is 0. The van der Waals surface area contributed by atoms with Gasteiger partial charge in [0.2, 0.25) is 0 Å². The number of nitrogens with zero attached hydrogens (tertiary/aromatic N) is 2. The van der Waals surface area contributed by atoms with Gasteiger partial charge in [-0.25, -0.2) is 0 Å². The molecule has 1 aliphatic rings. The monoisotopic (exact) mass is 221 g/mol. The number of hydrogen-bond donors (Lipinski definition) is 1. The van der Waals surface area contributed by atoms with Crippen LogP contribution in [0, 0.1) is 0 Å². The van der Waals surface area contributed by atoms with Crippen LogP contribution in [-0.2, 0) is 12.1 Å². The van der Waals surface area contributed by atoms with Crippen LogP contribution in [0.15, 0.2) is 12.4 Å². The molecule has 0 saturated carbocycles. The third kappa shape index (κ3) is 2.14. The molecule has 2 rings (SSSR count). The van der Waals surface area contributed by atoms with Gasteiger partial charge in [0, 0.05) is 23.8 Å². The van der Waals surface area contributed by atoms with Gasteiger partial charge in [0.25, 0.3) is 0 Å². The van der Waals surface area contributed by atoms with E-state index in [2.05, 4.69) is 41.3 Å². The van der Waals surface area contributed by atoms with Crippen molar-refractivity contribution < 1.29 is 0 Å². The molecule has 1 atom stereocenters. The first kappa shape index (κ1) is 11.6.